The molecule has 0 aliphatic carbocycles. The molecule has 9 heteroatoms. The van der Waals surface area contributed by atoms with Crippen molar-refractivity contribution in [1.82, 2.24) is 10.6 Å². The largest absolute Gasteiger partial charge is 0.445 e. The van der Waals surface area contributed by atoms with Gasteiger partial charge >= 0.3 is 12.2 Å². The average molecular weight is 435 g/mol. The van der Waals surface area contributed by atoms with Gasteiger partial charge < -0.3 is 9.47 Å². The highest BCUT2D eigenvalue weighted by atomic mass is 16.6. The monoisotopic (exact) mass is 435 g/mol. The predicted molar refractivity (Wildman–Crippen MR) is 115 cm³/mol. The Kier molecular flexibility index (Phi) is 7.74. The Morgan fingerprint density at radius 3 is 1.59 bits per heavy atom. The Labute approximate surface area is 184 Å². The summed E-state index contributed by atoms with van der Waals surface area (Å²) in [5.74, 6) is 0. The molecule has 0 saturated heterocycles. The number of nitrogens with one attached hydrogen (secondary N) is 2. The average Bonchev–Trinajstić information content (AvgIpc) is 2.82. The fourth-order valence-corrected chi connectivity index (χ4v) is 2.76. The first-order chi connectivity index (χ1) is 15.5. The normalized spacial score (nSPS) is 10.3. The number of benzene rings is 3. The molecule has 3 rings (SSSR count). The van der Waals surface area contributed by atoms with E-state index in [0.717, 1.165) is 11.1 Å². The SMILES string of the molecule is O=C(NC(NC(=O)OCc1ccccc1)c1ccc([N+](=O)[O-])cc1)OCc1ccccc1. The third kappa shape index (κ3) is 6.84. The van der Waals surface area contributed by atoms with Crippen molar-refractivity contribution in [3.63, 3.8) is 0 Å². The van der Waals surface area contributed by atoms with Crippen molar-refractivity contribution >= 4 is 17.9 Å². The van der Waals surface area contributed by atoms with Crippen LogP contribution in [0.3, 0.4) is 0 Å². The lowest BCUT2D eigenvalue weighted by atomic mass is 10.1. The van der Waals surface area contributed by atoms with E-state index >= 15 is 0 Å². The first kappa shape index (κ1) is 22.3. The molecule has 0 aromatic heterocycles. The molecule has 2 N–H and O–H groups in total. The van der Waals surface area contributed by atoms with Gasteiger partial charge in [0.25, 0.3) is 5.69 Å². The Morgan fingerprint density at radius 2 is 1.19 bits per heavy atom. The van der Waals surface area contributed by atoms with Crippen LogP contribution in [-0.4, -0.2) is 17.1 Å². The molecule has 164 valence electrons. The van der Waals surface area contributed by atoms with Gasteiger partial charge in [0.1, 0.15) is 19.4 Å². The number of amides is 2. The van der Waals surface area contributed by atoms with Gasteiger partial charge in [0.05, 0.1) is 4.92 Å². The van der Waals surface area contributed by atoms with Crippen LogP contribution in [-0.2, 0) is 22.7 Å². The van der Waals surface area contributed by atoms with Crippen LogP contribution in [0.15, 0.2) is 84.9 Å². The van der Waals surface area contributed by atoms with Crippen molar-refractivity contribution in [2.75, 3.05) is 0 Å². The van der Waals surface area contributed by atoms with E-state index in [0.29, 0.717) is 5.56 Å². The molecule has 0 bridgehead atoms. The van der Waals surface area contributed by atoms with E-state index in [2.05, 4.69) is 10.6 Å². The summed E-state index contributed by atoms with van der Waals surface area (Å²) in [7, 11) is 0. The standard InChI is InChI=1S/C23H21N3O6/c27-22(31-15-17-7-3-1-4-8-17)24-21(19-11-13-20(14-12-19)26(29)30)25-23(28)32-16-18-9-5-2-6-10-18/h1-14,21H,15-16H2,(H,24,27)(H,25,28). The summed E-state index contributed by atoms with van der Waals surface area (Å²) in [5.41, 5.74) is 1.88. The van der Waals surface area contributed by atoms with Gasteiger partial charge in [0.15, 0.2) is 0 Å². The Hall–Kier alpha value is -4.40. The number of nitro groups is 1. The highest BCUT2D eigenvalue weighted by Crippen LogP contribution is 2.17. The maximum atomic E-state index is 12.3. The lowest BCUT2D eigenvalue weighted by Crippen LogP contribution is -2.41. The second kappa shape index (κ2) is 11.1. The van der Waals surface area contributed by atoms with Crippen LogP contribution < -0.4 is 10.6 Å². The van der Waals surface area contributed by atoms with Gasteiger partial charge in [-0.2, -0.15) is 0 Å². The molecule has 9 nitrogen and oxygen atoms in total. The highest BCUT2D eigenvalue weighted by Gasteiger charge is 2.20. The molecule has 0 aliphatic rings. The lowest BCUT2D eigenvalue weighted by Gasteiger charge is -2.20. The summed E-state index contributed by atoms with van der Waals surface area (Å²) < 4.78 is 10.4. The molecule has 3 aromatic rings. The van der Waals surface area contributed by atoms with Crippen LogP contribution in [0.4, 0.5) is 15.3 Å². The summed E-state index contributed by atoms with van der Waals surface area (Å²) in [5, 5.41) is 16.0. The van der Waals surface area contributed by atoms with Gasteiger partial charge in [-0.05, 0) is 28.8 Å². The van der Waals surface area contributed by atoms with E-state index < -0.39 is 23.3 Å². The predicted octanol–water partition coefficient (Wildman–Crippen LogP) is 4.45. The number of hydrogen-bond donors (Lipinski definition) is 2. The van der Waals surface area contributed by atoms with E-state index in [4.69, 9.17) is 9.47 Å². The van der Waals surface area contributed by atoms with Crippen LogP contribution in [0, 0.1) is 10.1 Å². The second-order valence-electron chi connectivity index (χ2n) is 6.69. The number of rotatable bonds is 8. The Balaban J connectivity index is 1.65. The summed E-state index contributed by atoms with van der Waals surface area (Å²) >= 11 is 0. The van der Waals surface area contributed by atoms with Gasteiger partial charge in [-0.25, -0.2) is 9.59 Å². The number of nitro benzene ring substituents is 1. The number of hydrogen-bond acceptors (Lipinski definition) is 6. The van der Waals surface area contributed by atoms with Crippen molar-refractivity contribution < 1.29 is 24.0 Å². The number of ether oxygens (including phenoxy) is 2. The highest BCUT2D eigenvalue weighted by molar-refractivity contribution is 5.71. The van der Waals surface area contributed by atoms with Crippen LogP contribution in [0.1, 0.15) is 22.9 Å². The van der Waals surface area contributed by atoms with Crippen molar-refractivity contribution in [3.05, 3.63) is 112 Å². The van der Waals surface area contributed by atoms with E-state index in [9.17, 15) is 19.7 Å². The first-order valence-electron chi connectivity index (χ1n) is 9.70. The van der Waals surface area contributed by atoms with Crippen LogP contribution in [0.25, 0.3) is 0 Å². The third-order valence-electron chi connectivity index (χ3n) is 4.39. The van der Waals surface area contributed by atoms with E-state index in [1.54, 1.807) is 24.3 Å². The maximum Gasteiger partial charge on any atom is 0.409 e. The molecule has 0 fully saturated rings. The molecule has 0 aliphatic heterocycles. The molecular formula is C23H21N3O6. The Morgan fingerprint density at radius 1 is 0.750 bits per heavy atom. The number of nitrogens with zero attached hydrogens (tertiary/aromatic N) is 1. The summed E-state index contributed by atoms with van der Waals surface area (Å²) in [4.78, 5) is 35.0. The molecule has 32 heavy (non-hydrogen) atoms. The minimum absolute atomic E-state index is 0.0398. The zero-order chi connectivity index (χ0) is 22.8. The number of carbonyl (C=O) groups excluding carboxylic acids is 2. The lowest BCUT2D eigenvalue weighted by molar-refractivity contribution is -0.384. The minimum Gasteiger partial charge on any atom is -0.445 e. The fraction of sp³-hybridized carbons (Fsp3) is 0.130. The summed E-state index contributed by atoms with van der Waals surface area (Å²) in [6.45, 7) is 0.0796. The number of carbonyl (C=O) groups is 2. The van der Waals surface area contributed by atoms with Crippen molar-refractivity contribution in [2.45, 2.75) is 19.4 Å². The van der Waals surface area contributed by atoms with Gasteiger partial charge in [-0.1, -0.05) is 60.7 Å². The zero-order valence-electron chi connectivity index (χ0n) is 17.0. The van der Waals surface area contributed by atoms with Crippen molar-refractivity contribution in [1.29, 1.82) is 0 Å². The quantitative estimate of drug-likeness (QED) is 0.306. The third-order valence-corrected chi connectivity index (χ3v) is 4.39. The Bertz CT molecular complexity index is 985. The topological polar surface area (TPSA) is 120 Å². The summed E-state index contributed by atoms with van der Waals surface area (Å²) in [6, 6.07) is 23.6. The van der Waals surface area contributed by atoms with Crippen LogP contribution >= 0.6 is 0 Å². The fourth-order valence-electron chi connectivity index (χ4n) is 2.76. The molecule has 0 unspecified atom stereocenters. The van der Waals surface area contributed by atoms with Gasteiger partial charge in [-0.3, -0.25) is 20.7 Å². The molecule has 3 aromatic carbocycles. The number of non-ortho nitro benzene ring substituents is 1. The molecule has 0 radical (unpaired) electrons. The van der Waals surface area contributed by atoms with E-state index in [-0.39, 0.29) is 18.9 Å². The second-order valence-corrected chi connectivity index (χ2v) is 6.69. The van der Waals surface area contributed by atoms with Crippen LogP contribution in [0.5, 0.6) is 0 Å². The van der Waals surface area contributed by atoms with E-state index in [1.165, 1.54) is 24.3 Å². The van der Waals surface area contributed by atoms with E-state index in [1.807, 2.05) is 36.4 Å². The van der Waals surface area contributed by atoms with Crippen molar-refractivity contribution in [2.24, 2.45) is 0 Å². The summed E-state index contributed by atoms with van der Waals surface area (Å²) in [6.07, 6.45) is -2.58. The molecule has 0 heterocycles. The molecular weight excluding hydrogens is 414 g/mol. The first-order valence-corrected chi connectivity index (χ1v) is 9.70. The zero-order valence-corrected chi connectivity index (χ0v) is 17.0. The number of alkyl carbamates (subject to hydrolysis) is 2. The minimum atomic E-state index is -1.03. The van der Waals surface area contributed by atoms with Crippen molar-refractivity contribution in [3.8, 4) is 0 Å². The van der Waals surface area contributed by atoms with Gasteiger partial charge in [0, 0.05) is 12.1 Å². The smallest absolute Gasteiger partial charge is 0.409 e. The maximum absolute atomic E-state index is 12.3. The van der Waals surface area contributed by atoms with Crippen LogP contribution in [0.2, 0.25) is 0 Å². The molecule has 0 atom stereocenters. The molecule has 2 amide bonds. The van der Waals surface area contributed by atoms with Gasteiger partial charge in [-0.15, -0.1) is 0 Å². The molecule has 0 spiro atoms. The van der Waals surface area contributed by atoms with Gasteiger partial charge in [0.2, 0.25) is 0 Å². The molecule has 0 saturated carbocycles.